The fourth-order valence-electron chi connectivity index (χ4n) is 2.45. The van der Waals surface area contributed by atoms with Crippen molar-refractivity contribution in [2.24, 2.45) is 5.92 Å². The maximum absolute atomic E-state index is 9.03. The Bertz CT molecular complexity index is 162. The number of hydrogen-bond acceptors (Lipinski definition) is 3. The number of aliphatic hydroxyl groups excluding tert-OH is 1. The lowest BCUT2D eigenvalue weighted by Gasteiger charge is -2.39. The largest absolute Gasteiger partial charge is 0.395 e. The number of β-amino-alcohol motifs (C(OH)–C–C–N with tert-alkyl or cyclic N) is 1. The highest BCUT2D eigenvalue weighted by molar-refractivity contribution is 4.83. The van der Waals surface area contributed by atoms with Gasteiger partial charge in [0.2, 0.25) is 0 Å². The molecule has 2 atom stereocenters. The number of nitrogens with zero attached hydrogens (tertiary/aromatic N) is 1. The van der Waals surface area contributed by atoms with Crippen LogP contribution < -0.4 is 5.32 Å². The summed E-state index contributed by atoms with van der Waals surface area (Å²) in [5.74, 6) is 0.740. The molecule has 0 amide bonds. The number of nitrogens with one attached hydrogen (secondary N) is 1. The van der Waals surface area contributed by atoms with Gasteiger partial charge in [0.25, 0.3) is 0 Å². The molecule has 1 aliphatic heterocycles. The molecule has 0 bridgehead atoms. The SMILES string of the molecule is CCCCC(C)C1CNCCN1CCO. The Morgan fingerprint density at radius 3 is 3.00 bits per heavy atom. The maximum Gasteiger partial charge on any atom is 0.0558 e. The van der Waals surface area contributed by atoms with Crippen LogP contribution in [-0.2, 0) is 0 Å². The maximum atomic E-state index is 9.03. The van der Waals surface area contributed by atoms with Gasteiger partial charge in [-0.2, -0.15) is 0 Å². The van der Waals surface area contributed by atoms with Crippen LogP contribution in [0.4, 0.5) is 0 Å². The summed E-state index contributed by atoms with van der Waals surface area (Å²) in [6, 6.07) is 0.623. The monoisotopic (exact) mass is 214 g/mol. The van der Waals surface area contributed by atoms with Crippen molar-refractivity contribution in [2.45, 2.75) is 39.2 Å². The Hall–Kier alpha value is -0.120. The van der Waals surface area contributed by atoms with Gasteiger partial charge in [0.15, 0.2) is 0 Å². The molecular weight excluding hydrogens is 188 g/mol. The van der Waals surface area contributed by atoms with Crippen LogP contribution in [0.15, 0.2) is 0 Å². The number of hydrogen-bond donors (Lipinski definition) is 2. The fraction of sp³-hybridized carbons (Fsp3) is 1.00. The van der Waals surface area contributed by atoms with E-state index in [1.165, 1.54) is 19.3 Å². The molecular formula is C12H26N2O. The third kappa shape index (κ3) is 4.09. The van der Waals surface area contributed by atoms with Crippen LogP contribution in [0, 0.1) is 5.92 Å². The van der Waals surface area contributed by atoms with Gasteiger partial charge in [-0.25, -0.2) is 0 Å². The fourth-order valence-corrected chi connectivity index (χ4v) is 2.45. The van der Waals surface area contributed by atoms with Gasteiger partial charge in [-0.05, 0) is 12.3 Å². The van der Waals surface area contributed by atoms with Crippen molar-refractivity contribution >= 4 is 0 Å². The summed E-state index contributed by atoms with van der Waals surface area (Å²) in [5.41, 5.74) is 0. The lowest BCUT2D eigenvalue weighted by atomic mass is 9.93. The second kappa shape index (κ2) is 7.20. The standard InChI is InChI=1S/C12H26N2O/c1-3-4-5-11(2)12-10-13-6-7-14(12)8-9-15/h11-13,15H,3-10H2,1-2H3. The van der Waals surface area contributed by atoms with Crippen molar-refractivity contribution in [1.82, 2.24) is 10.2 Å². The molecule has 1 rings (SSSR count). The van der Waals surface area contributed by atoms with Gasteiger partial charge in [-0.3, -0.25) is 4.90 Å². The summed E-state index contributed by atoms with van der Waals surface area (Å²) < 4.78 is 0. The van der Waals surface area contributed by atoms with E-state index in [4.69, 9.17) is 5.11 Å². The molecule has 90 valence electrons. The van der Waals surface area contributed by atoms with E-state index in [-0.39, 0.29) is 6.61 Å². The summed E-state index contributed by atoms with van der Waals surface area (Å²) in [4.78, 5) is 2.44. The number of rotatable bonds is 6. The van der Waals surface area contributed by atoms with Gasteiger partial charge in [0.1, 0.15) is 0 Å². The molecule has 0 aromatic carbocycles. The van der Waals surface area contributed by atoms with Crippen LogP contribution in [0.1, 0.15) is 33.1 Å². The first-order valence-corrected chi connectivity index (χ1v) is 6.35. The highest BCUT2D eigenvalue weighted by Gasteiger charge is 2.25. The van der Waals surface area contributed by atoms with Crippen molar-refractivity contribution in [2.75, 3.05) is 32.8 Å². The Labute approximate surface area is 93.9 Å². The Kier molecular flexibility index (Phi) is 6.22. The second-order valence-electron chi connectivity index (χ2n) is 4.65. The normalized spacial score (nSPS) is 25.4. The quantitative estimate of drug-likeness (QED) is 0.694. The van der Waals surface area contributed by atoms with Crippen LogP contribution >= 0.6 is 0 Å². The van der Waals surface area contributed by atoms with E-state index in [2.05, 4.69) is 24.1 Å². The number of unbranched alkanes of at least 4 members (excludes halogenated alkanes) is 1. The van der Waals surface area contributed by atoms with Crippen LogP contribution in [0.5, 0.6) is 0 Å². The zero-order valence-corrected chi connectivity index (χ0v) is 10.2. The molecule has 1 heterocycles. The number of aliphatic hydroxyl groups is 1. The van der Waals surface area contributed by atoms with Gasteiger partial charge in [0.05, 0.1) is 6.61 Å². The van der Waals surface area contributed by atoms with E-state index >= 15 is 0 Å². The molecule has 1 fully saturated rings. The second-order valence-corrected chi connectivity index (χ2v) is 4.65. The molecule has 0 aromatic rings. The van der Waals surface area contributed by atoms with Gasteiger partial charge < -0.3 is 10.4 Å². The average molecular weight is 214 g/mol. The smallest absolute Gasteiger partial charge is 0.0558 e. The Morgan fingerprint density at radius 1 is 1.53 bits per heavy atom. The summed E-state index contributed by atoms with van der Waals surface area (Å²) in [7, 11) is 0. The highest BCUT2D eigenvalue weighted by Crippen LogP contribution is 2.18. The van der Waals surface area contributed by atoms with Gasteiger partial charge >= 0.3 is 0 Å². The van der Waals surface area contributed by atoms with E-state index in [1.807, 2.05) is 0 Å². The third-order valence-corrected chi connectivity index (χ3v) is 3.46. The summed E-state index contributed by atoms with van der Waals surface area (Å²) in [6.45, 7) is 8.96. The zero-order chi connectivity index (χ0) is 11.1. The van der Waals surface area contributed by atoms with Crippen LogP contribution in [0.2, 0.25) is 0 Å². The molecule has 2 N–H and O–H groups in total. The minimum absolute atomic E-state index is 0.289. The summed E-state index contributed by atoms with van der Waals surface area (Å²) >= 11 is 0. The van der Waals surface area contributed by atoms with Crippen molar-refractivity contribution in [1.29, 1.82) is 0 Å². The lowest BCUT2D eigenvalue weighted by molar-refractivity contribution is 0.0909. The molecule has 1 aliphatic rings. The summed E-state index contributed by atoms with van der Waals surface area (Å²) in [5, 5.41) is 12.5. The lowest BCUT2D eigenvalue weighted by Crippen LogP contribution is -2.54. The topological polar surface area (TPSA) is 35.5 Å². The molecule has 2 unspecified atom stereocenters. The molecule has 0 radical (unpaired) electrons. The van der Waals surface area contributed by atoms with E-state index in [1.54, 1.807) is 0 Å². The minimum Gasteiger partial charge on any atom is -0.395 e. The van der Waals surface area contributed by atoms with E-state index in [0.717, 1.165) is 32.1 Å². The molecule has 15 heavy (non-hydrogen) atoms. The Morgan fingerprint density at radius 2 is 2.33 bits per heavy atom. The molecule has 3 nitrogen and oxygen atoms in total. The van der Waals surface area contributed by atoms with E-state index in [9.17, 15) is 0 Å². The Balaban J connectivity index is 2.39. The van der Waals surface area contributed by atoms with Gasteiger partial charge in [0, 0.05) is 32.2 Å². The van der Waals surface area contributed by atoms with Crippen molar-refractivity contribution in [3.05, 3.63) is 0 Å². The average Bonchev–Trinajstić information content (AvgIpc) is 2.27. The van der Waals surface area contributed by atoms with Gasteiger partial charge in [-0.1, -0.05) is 26.7 Å². The van der Waals surface area contributed by atoms with Crippen molar-refractivity contribution in [3.8, 4) is 0 Å². The molecule has 0 spiro atoms. The van der Waals surface area contributed by atoms with Crippen molar-refractivity contribution in [3.63, 3.8) is 0 Å². The van der Waals surface area contributed by atoms with Crippen LogP contribution in [0.3, 0.4) is 0 Å². The molecule has 3 heteroatoms. The zero-order valence-electron chi connectivity index (χ0n) is 10.2. The first-order valence-electron chi connectivity index (χ1n) is 6.35. The number of piperazine rings is 1. The highest BCUT2D eigenvalue weighted by atomic mass is 16.3. The van der Waals surface area contributed by atoms with Crippen LogP contribution in [-0.4, -0.2) is 48.8 Å². The summed E-state index contributed by atoms with van der Waals surface area (Å²) in [6.07, 6.45) is 3.92. The first-order chi connectivity index (χ1) is 7.29. The molecule has 1 saturated heterocycles. The molecule has 0 aliphatic carbocycles. The molecule has 0 saturated carbocycles. The molecule has 0 aromatic heterocycles. The minimum atomic E-state index is 0.289. The van der Waals surface area contributed by atoms with E-state index < -0.39 is 0 Å². The van der Waals surface area contributed by atoms with E-state index in [0.29, 0.717) is 6.04 Å². The van der Waals surface area contributed by atoms with Crippen molar-refractivity contribution < 1.29 is 5.11 Å². The third-order valence-electron chi connectivity index (χ3n) is 3.46. The first kappa shape index (κ1) is 12.9. The predicted octanol–water partition coefficient (Wildman–Crippen LogP) is 1.08. The van der Waals surface area contributed by atoms with Gasteiger partial charge in [-0.15, -0.1) is 0 Å². The predicted molar refractivity (Wildman–Crippen MR) is 64.0 cm³/mol. The van der Waals surface area contributed by atoms with Crippen LogP contribution in [0.25, 0.3) is 0 Å².